The highest BCUT2D eigenvalue weighted by Crippen LogP contribution is 2.29. The third kappa shape index (κ3) is 1.91. The van der Waals surface area contributed by atoms with E-state index in [1.807, 2.05) is 31.3 Å². The Bertz CT molecular complexity index is 729. The normalized spacial score (nSPS) is 10.8. The monoisotopic (exact) mass is 253 g/mol. The van der Waals surface area contributed by atoms with E-state index < -0.39 is 0 Å². The summed E-state index contributed by atoms with van der Waals surface area (Å²) < 4.78 is 7.40. The summed E-state index contributed by atoms with van der Waals surface area (Å²) in [5.74, 6) is 1.39. The Kier molecular flexibility index (Phi) is 2.63. The molecule has 4 nitrogen and oxygen atoms in total. The van der Waals surface area contributed by atoms with Crippen LogP contribution in [-0.4, -0.2) is 16.7 Å². The maximum atomic E-state index is 5.62. The predicted octanol–water partition coefficient (Wildman–Crippen LogP) is 2.83. The van der Waals surface area contributed by atoms with Gasteiger partial charge in [-0.2, -0.15) is 0 Å². The Balaban J connectivity index is 2.19. The fourth-order valence-corrected chi connectivity index (χ4v) is 2.29. The zero-order valence-electron chi connectivity index (χ0n) is 10.9. The van der Waals surface area contributed by atoms with E-state index in [1.165, 1.54) is 0 Å². The number of nitrogen functional groups attached to an aromatic ring is 1. The number of hydrogen-bond donors (Lipinski definition) is 1. The van der Waals surface area contributed by atoms with Crippen molar-refractivity contribution in [3.63, 3.8) is 0 Å². The summed E-state index contributed by atoms with van der Waals surface area (Å²) >= 11 is 0. The van der Waals surface area contributed by atoms with E-state index >= 15 is 0 Å². The highest BCUT2D eigenvalue weighted by Gasteiger charge is 2.08. The molecular weight excluding hydrogens is 238 g/mol. The number of rotatable bonds is 2. The summed E-state index contributed by atoms with van der Waals surface area (Å²) in [6.45, 7) is 0. The van der Waals surface area contributed by atoms with Gasteiger partial charge in [0.2, 0.25) is 0 Å². The maximum Gasteiger partial charge on any atom is 0.123 e. The van der Waals surface area contributed by atoms with E-state index in [9.17, 15) is 0 Å². The molecule has 0 atom stereocenters. The van der Waals surface area contributed by atoms with Crippen molar-refractivity contribution >= 4 is 16.7 Å². The smallest absolute Gasteiger partial charge is 0.123 e. The number of aryl methyl sites for hydroxylation is 1. The van der Waals surface area contributed by atoms with Crippen molar-refractivity contribution in [3.8, 4) is 17.0 Å². The highest BCUT2D eigenvalue weighted by atomic mass is 16.5. The van der Waals surface area contributed by atoms with Crippen molar-refractivity contribution in [3.05, 3.63) is 42.6 Å². The molecule has 2 aromatic heterocycles. The summed E-state index contributed by atoms with van der Waals surface area (Å²) in [7, 11) is 3.72. The number of benzene rings is 1. The fourth-order valence-electron chi connectivity index (χ4n) is 2.29. The minimum absolute atomic E-state index is 0.532. The van der Waals surface area contributed by atoms with E-state index in [1.54, 1.807) is 13.3 Å². The van der Waals surface area contributed by atoms with Crippen LogP contribution in [0.3, 0.4) is 0 Å². The Morgan fingerprint density at radius 2 is 2.00 bits per heavy atom. The van der Waals surface area contributed by atoms with Crippen molar-refractivity contribution in [1.82, 2.24) is 9.55 Å². The second kappa shape index (κ2) is 4.31. The molecule has 0 bridgehead atoms. The molecule has 0 aliphatic rings. The van der Waals surface area contributed by atoms with Crippen LogP contribution in [0, 0.1) is 0 Å². The Labute approximate surface area is 111 Å². The number of nitrogens with two attached hydrogens (primary N) is 1. The lowest BCUT2D eigenvalue weighted by Gasteiger charge is -2.04. The van der Waals surface area contributed by atoms with Gasteiger partial charge in [0.05, 0.1) is 12.8 Å². The molecule has 0 unspecified atom stereocenters. The van der Waals surface area contributed by atoms with Crippen LogP contribution in [0.25, 0.3) is 22.2 Å². The molecule has 0 saturated heterocycles. The standard InChI is InChI=1S/C15H15N3O/c1-18-13-5-4-12(19-2)7-11(13)8-14(18)10-3-6-15(16)17-9-10/h3-9H,1-2H3,(H2,16,17). The molecule has 0 spiro atoms. The quantitative estimate of drug-likeness (QED) is 0.764. The minimum Gasteiger partial charge on any atom is -0.497 e. The van der Waals surface area contributed by atoms with Gasteiger partial charge in [0.15, 0.2) is 0 Å². The van der Waals surface area contributed by atoms with Crippen LogP contribution in [-0.2, 0) is 7.05 Å². The summed E-state index contributed by atoms with van der Waals surface area (Å²) in [6.07, 6.45) is 1.79. The Hall–Kier alpha value is -2.49. The molecule has 0 radical (unpaired) electrons. The van der Waals surface area contributed by atoms with Gasteiger partial charge >= 0.3 is 0 Å². The van der Waals surface area contributed by atoms with Gasteiger partial charge in [-0.25, -0.2) is 4.98 Å². The fraction of sp³-hybridized carbons (Fsp3) is 0.133. The van der Waals surface area contributed by atoms with Gasteiger partial charge in [0.25, 0.3) is 0 Å². The van der Waals surface area contributed by atoms with Gasteiger partial charge in [-0.1, -0.05) is 0 Å². The van der Waals surface area contributed by atoms with E-state index in [4.69, 9.17) is 10.5 Å². The predicted molar refractivity (Wildman–Crippen MR) is 77.1 cm³/mol. The Morgan fingerprint density at radius 3 is 2.68 bits per heavy atom. The van der Waals surface area contributed by atoms with Gasteiger partial charge in [-0.05, 0) is 36.4 Å². The zero-order chi connectivity index (χ0) is 13.4. The molecule has 3 rings (SSSR count). The molecule has 1 aromatic carbocycles. The molecular formula is C15H15N3O. The van der Waals surface area contributed by atoms with Crippen molar-refractivity contribution in [2.75, 3.05) is 12.8 Å². The first-order chi connectivity index (χ1) is 9.19. The summed E-state index contributed by atoms with van der Waals surface area (Å²) in [6, 6.07) is 12.0. The van der Waals surface area contributed by atoms with Crippen LogP contribution >= 0.6 is 0 Å². The molecule has 4 heteroatoms. The van der Waals surface area contributed by atoms with Crippen LogP contribution in [0.2, 0.25) is 0 Å². The topological polar surface area (TPSA) is 53.1 Å². The molecule has 2 heterocycles. The average molecular weight is 253 g/mol. The van der Waals surface area contributed by atoms with Crippen LogP contribution in [0.15, 0.2) is 42.6 Å². The second-order valence-corrected chi connectivity index (χ2v) is 4.49. The van der Waals surface area contributed by atoms with Crippen LogP contribution in [0.5, 0.6) is 5.75 Å². The number of hydrogen-bond acceptors (Lipinski definition) is 3. The molecule has 96 valence electrons. The van der Waals surface area contributed by atoms with Gasteiger partial charge in [-0.3, -0.25) is 0 Å². The van der Waals surface area contributed by atoms with Crippen LogP contribution < -0.4 is 10.5 Å². The van der Waals surface area contributed by atoms with Crippen molar-refractivity contribution in [2.24, 2.45) is 7.05 Å². The number of nitrogens with zero attached hydrogens (tertiary/aromatic N) is 2. The summed E-state index contributed by atoms with van der Waals surface area (Å²) in [5.41, 5.74) is 8.94. The molecule has 0 amide bonds. The number of aromatic nitrogens is 2. The number of fused-ring (bicyclic) bond motifs is 1. The molecule has 0 aliphatic heterocycles. The zero-order valence-corrected chi connectivity index (χ0v) is 10.9. The number of methoxy groups -OCH3 is 1. The maximum absolute atomic E-state index is 5.62. The molecule has 2 N–H and O–H groups in total. The van der Waals surface area contributed by atoms with E-state index in [0.29, 0.717) is 5.82 Å². The Morgan fingerprint density at radius 1 is 1.16 bits per heavy atom. The number of ether oxygens (including phenoxy) is 1. The molecule has 0 fully saturated rings. The summed E-state index contributed by atoms with van der Waals surface area (Å²) in [4.78, 5) is 4.14. The lowest BCUT2D eigenvalue weighted by molar-refractivity contribution is 0.415. The number of anilines is 1. The van der Waals surface area contributed by atoms with Gasteiger partial charge in [-0.15, -0.1) is 0 Å². The SMILES string of the molecule is COc1ccc2c(c1)cc(-c1ccc(N)nc1)n2C. The largest absolute Gasteiger partial charge is 0.497 e. The first-order valence-electron chi connectivity index (χ1n) is 6.04. The first kappa shape index (κ1) is 11.6. The molecule has 19 heavy (non-hydrogen) atoms. The molecule has 0 aliphatic carbocycles. The molecule has 0 saturated carbocycles. The first-order valence-corrected chi connectivity index (χ1v) is 6.04. The number of pyridine rings is 1. The van der Waals surface area contributed by atoms with Crippen molar-refractivity contribution in [1.29, 1.82) is 0 Å². The third-order valence-electron chi connectivity index (χ3n) is 3.33. The van der Waals surface area contributed by atoms with E-state index in [0.717, 1.165) is 27.9 Å². The second-order valence-electron chi connectivity index (χ2n) is 4.49. The molecule has 3 aromatic rings. The summed E-state index contributed by atoms with van der Waals surface area (Å²) in [5, 5.41) is 1.15. The highest BCUT2D eigenvalue weighted by molar-refractivity contribution is 5.88. The van der Waals surface area contributed by atoms with E-state index in [2.05, 4.69) is 21.7 Å². The van der Waals surface area contributed by atoms with Gasteiger partial charge in [0.1, 0.15) is 11.6 Å². The lowest BCUT2D eigenvalue weighted by Crippen LogP contribution is -1.93. The van der Waals surface area contributed by atoms with Crippen LogP contribution in [0.4, 0.5) is 5.82 Å². The van der Waals surface area contributed by atoms with Crippen LogP contribution in [0.1, 0.15) is 0 Å². The van der Waals surface area contributed by atoms with Gasteiger partial charge < -0.3 is 15.0 Å². The van der Waals surface area contributed by atoms with E-state index in [-0.39, 0.29) is 0 Å². The third-order valence-corrected chi connectivity index (χ3v) is 3.33. The van der Waals surface area contributed by atoms with Gasteiger partial charge in [0, 0.05) is 29.7 Å². The van der Waals surface area contributed by atoms with Crippen molar-refractivity contribution in [2.45, 2.75) is 0 Å². The average Bonchev–Trinajstić information content (AvgIpc) is 2.76. The minimum atomic E-state index is 0.532. The lowest BCUT2D eigenvalue weighted by atomic mass is 10.2. The van der Waals surface area contributed by atoms with Crippen molar-refractivity contribution < 1.29 is 4.74 Å².